The van der Waals surface area contributed by atoms with Crippen LogP contribution < -0.4 is 10.2 Å². The van der Waals surface area contributed by atoms with Gasteiger partial charge in [0.15, 0.2) is 5.82 Å². The van der Waals surface area contributed by atoms with Crippen LogP contribution in [0.5, 0.6) is 0 Å². The van der Waals surface area contributed by atoms with Gasteiger partial charge in [-0.3, -0.25) is 14.4 Å². The molecule has 2 saturated heterocycles. The highest BCUT2D eigenvalue weighted by molar-refractivity contribution is 7.13. The SMILES string of the molecule is Cc1ncsc1-c1ccc(C(C)NC(=O)C2CCCN2C(=O)Cc2cc(N3CCN(C=O)CC3)no2)cc1. The maximum atomic E-state index is 13.2. The minimum atomic E-state index is -0.497. The summed E-state index contributed by atoms with van der Waals surface area (Å²) in [5.41, 5.74) is 4.96. The Morgan fingerprint density at radius 3 is 2.63 bits per heavy atom. The highest BCUT2D eigenvalue weighted by Gasteiger charge is 2.35. The van der Waals surface area contributed by atoms with Gasteiger partial charge in [0.1, 0.15) is 11.8 Å². The molecule has 4 heterocycles. The predicted octanol–water partition coefficient (Wildman–Crippen LogP) is 2.80. The van der Waals surface area contributed by atoms with Crippen molar-refractivity contribution in [1.29, 1.82) is 0 Å². The van der Waals surface area contributed by atoms with Crippen molar-refractivity contribution in [3.8, 4) is 10.4 Å². The smallest absolute Gasteiger partial charge is 0.243 e. The lowest BCUT2D eigenvalue weighted by Crippen LogP contribution is -2.47. The largest absolute Gasteiger partial charge is 0.359 e. The lowest BCUT2D eigenvalue weighted by Gasteiger charge is -2.32. The topological polar surface area (TPSA) is 112 Å². The first-order valence-corrected chi connectivity index (χ1v) is 13.8. The van der Waals surface area contributed by atoms with Crippen molar-refractivity contribution in [2.75, 3.05) is 37.6 Å². The number of nitrogens with zero attached hydrogens (tertiary/aromatic N) is 5. The molecule has 0 bridgehead atoms. The quantitative estimate of drug-likeness (QED) is 0.441. The Morgan fingerprint density at radius 1 is 1.18 bits per heavy atom. The monoisotopic (exact) mass is 536 g/mol. The van der Waals surface area contributed by atoms with E-state index >= 15 is 0 Å². The molecule has 0 radical (unpaired) electrons. The summed E-state index contributed by atoms with van der Waals surface area (Å²) in [7, 11) is 0. The lowest BCUT2D eigenvalue weighted by molar-refractivity contribution is -0.138. The average molecular weight is 537 g/mol. The van der Waals surface area contributed by atoms with Gasteiger partial charge < -0.3 is 24.5 Å². The lowest BCUT2D eigenvalue weighted by atomic mass is 10.0. The van der Waals surface area contributed by atoms with Crippen LogP contribution in [0.3, 0.4) is 0 Å². The van der Waals surface area contributed by atoms with Gasteiger partial charge in [0.2, 0.25) is 18.2 Å². The maximum absolute atomic E-state index is 13.2. The van der Waals surface area contributed by atoms with E-state index in [1.165, 1.54) is 0 Å². The molecule has 11 heteroatoms. The number of aryl methyl sites for hydroxylation is 1. The minimum Gasteiger partial charge on any atom is -0.359 e. The van der Waals surface area contributed by atoms with E-state index in [0.29, 0.717) is 50.7 Å². The van der Waals surface area contributed by atoms with E-state index in [0.717, 1.165) is 34.5 Å². The van der Waals surface area contributed by atoms with Crippen molar-refractivity contribution in [3.05, 3.63) is 52.9 Å². The van der Waals surface area contributed by atoms with Crippen molar-refractivity contribution in [2.45, 2.75) is 45.2 Å². The number of rotatable bonds is 8. The molecule has 3 aromatic rings. The number of carbonyl (C=O) groups is 3. The first-order valence-electron chi connectivity index (χ1n) is 12.9. The van der Waals surface area contributed by atoms with Crippen LogP contribution in [0.15, 0.2) is 40.4 Å². The van der Waals surface area contributed by atoms with Crippen molar-refractivity contribution in [1.82, 2.24) is 25.3 Å². The van der Waals surface area contributed by atoms with Crippen LogP contribution in [0.25, 0.3) is 10.4 Å². The molecule has 0 spiro atoms. The van der Waals surface area contributed by atoms with Gasteiger partial charge in [-0.1, -0.05) is 29.4 Å². The predicted molar refractivity (Wildman–Crippen MR) is 144 cm³/mol. The van der Waals surface area contributed by atoms with E-state index in [1.807, 2.05) is 36.4 Å². The van der Waals surface area contributed by atoms with Gasteiger partial charge in [0.25, 0.3) is 0 Å². The number of likely N-dealkylation sites (tertiary alicyclic amines) is 1. The molecule has 2 aromatic heterocycles. The van der Waals surface area contributed by atoms with Crippen molar-refractivity contribution in [2.24, 2.45) is 0 Å². The van der Waals surface area contributed by atoms with E-state index in [-0.39, 0.29) is 24.3 Å². The molecule has 2 unspecified atom stereocenters. The molecular weight excluding hydrogens is 504 g/mol. The van der Waals surface area contributed by atoms with Gasteiger partial charge in [-0.05, 0) is 37.8 Å². The second kappa shape index (κ2) is 11.3. The third-order valence-corrected chi connectivity index (χ3v) is 8.29. The molecule has 200 valence electrons. The summed E-state index contributed by atoms with van der Waals surface area (Å²) in [4.78, 5) is 48.1. The summed E-state index contributed by atoms with van der Waals surface area (Å²) in [6.07, 6.45) is 2.33. The molecule has 5 rings (SSSR count). The Bertz CT molecular complexity index is 1280. The van der Waals surface area contributed by atoms with Crippen LogP contribution in [-0.4, -0.2) is 76.9 Å². The number of aromatic nitrogens is 2. The van der Waals surface area contributed by atoms with E-state index in [1.54, 1.807) is 27.2 Å². The number of nitrogens with one attached hydrogen (secondary N) is 1. The number of benzene rings is 1. The molecule has 1 aromatic carbocycles. The number of piperazine rings is 1. The van der Waals surface area contributed by atoms with Gasteiger partial charge in [-0.15, -0.1) is 11.3 Å². The number of anilines is 1. The molecule has 2 aliphatic rings. The van der Waals surface area contributed by atoms with Crippen LogP contribution >= 0.6 is 11.3 Å². The van der Waals surface area contributed by atoms with Gasteiger partial charge in [-0.25, -0.2) is 4.98 Å². The highest BCUT2D eigenvalue weighted by Crippen LogP contribution is 2.28. The van der Waals surface area contributed by atoms with Crippen LogP contribution in [0.2, 0.25) is 0 Å². The fraction of sp³-hybridized carbons (Fsp3) is 0.444. The standard InChI is InChI=1S/C27H32N6O4S/c1-18(20-5-7-21(8-6-20)26-19(2)28-16-38-26)29-27(36)23-4-3-9-33(23)25(35)15-22-14-24(30-37-22)32-12-10-31(17-34)11-13-32/h5-8,14,16-18,23H,3-4,9-13,15H2,1-2H3,(H,29,36). The molecular formula is C27H32N6O4S. The van der Waals surface area contributed by atoms with E-state index < -0.39 is 6.04 Å². The summed E-state index contributed by atoms with van der Waals surface area (Å²) < 4.78 is 5.44. The Morgan fingerprint density at radius 2 is 1.95 bits per heavy atom. The first-order chi connectivity index (χ1) is 18.4. The molecule has 10 nitrogen and oxygen atoms in total. The van der Waals surface area contributed by atoms with Crippen molar-refractivity contribution in [3.63, 3.8) is 0 Å². The normalized spacial score (nSPS) is 18.5. The second-order valence-corrected chi connectivity index (χ2v) is 10.7. The third-order valence-electron chi connectivity index (χ3n) is 7.31. The Labute approximate surface area is 225 Å². The fourth-order valence-corrected chi connectivity index (χ4v) is 5.89. The molecule has 0 aliphatic carbocycles. The summed E-state index contributed by atoms with van der Waals surface area (Å²) in [5, 5.41) is 7.21. The summed E-state index contributed by atoms with van der Waals surface area (Å²) in [6, 6.07) is 9.25. The molecule has 2 atom stereocenters. The highest BCUT2D eigenvalue weighted by atomic mass is 32.1. The molecule has 2 aliphatic heterocycles. The zero-order valence-electron chi connectivity index (χ0n) is 21.6. The molecule has 3 amide bonds. The molecule has 2 fully saturated rings. The Hall–Kier alpha value is -3.73. The van der Waals surface area contributed by atoms with Crippen molar-refractivity contribution >= 4 is 35.4 Å². The fourth-order valence-electron chi connectivity index (χ4n) is 5.07. The van der Waals surface area contributed by atoms with Crippen LogP contribution in [0.1, 0.15) is 42.8 Å². The first kappa shape index (κ1) is 25.9. The summed E-state index contributed by atoms with van der Waals surface area (Å²) in [5.74, 6) is 0.850. The number of thiazole rings is 1. The summed E-state index contributed by atoms with van der Waals surface area (Å²) in [6.45, 7) is 7.08. The van der Waals surface area contributed by atoms with E-state index in [2.05, 4.69) is 27.6 Å². The van der Waals surface area contributed by atoms with Crippen molar-refractivity contribution < 1.29 is 18.9 Å². The molecule has 38 heavy (non-hydrogen) atoms. The maximum Gasteiger partial charge on any atom is 0.243 e. The number of carbonyl (C=O) groups excluding carboxylic acids is 3. The Kier molecular flexibility index (Phi) is 7.73. The van der Waals surface area contributed by atoms with Gasteiger partial charge in [0.05, 0.1) is 28.5 Å². The number of hydrogen-bond acceptors (Lipinski definition) is 8. The summed E-state index contributed by atoms with van der Waals surface area (Å²) >= 11 is 1.61. The third kappa shape index (κ3) is 5.57. The minimum absolute atomic E-state index is 0.0547. The number of amides is 3. The van der Waals surface area contributed by atoms with Crippen LogP contribution in [0, 0.1) is 6.92 Å². The average Bonchev–Trinajstić information content (AvgIpc) is 3.70. The van der Waals surface area contributed by atoms with Gasteiger partial charge >= 0.3 is 0 Å². The van der Waals surface area contributed by atoms with Gasteiger partial charge in [-0.2, -0.15) is 0 Å². The van der Waals surface area contributed by atoms with Crippen LogP contribution in [0.4, 0.5) is 5.82 Å². The number of hydrogen-bond donors (Lipinski definition) is 1. The Balaban J connectivity index is 1.16. The zero-order valence-corrected chi connectivity index (χ0v) is 22.4. The molecule has 1 N–H and O–H groups in total. The zero-order chi connectivity index (χ0) is 26.6. The van der Waals surface area contributed by atoms with Gasteiger partial charge in [0, 0.05) is 38.8 Å². The second-order valence-electron chi connectivity index (χ2n) is 9.82. The van der Waals surface area contributed by atoms with E-state index in [4.69, 9.17) is 4.52 Å². The van der Waals surface area contributed by atoms with Crippen LogP contribution in [-0.2, 0) is 20.8 Å². The van der Waals surface area contributed by atoms with E-state index in [9.17, 15) is 14.4 Å². The molecule has 0 saturated carbocycles.